The quantitative estimate of drug-likeness (QED) is 0.718. The number of carboxylic acid groups (broad SMARTS) is 1. The van der Waals surface area contributed by atoms with E-state index in [-0.39, 0.29) is 19.1 Å². The van der Waals surface area contributed by atoms with E-state index in [0.717, 1.165) is 6.42 Å². The Morgan fingerprint density at radius 3 is 2.61 bits per heavy atom. The van der Waals surface area contributed by atoms with Crippen LogP contribution in [0.1, 0.15) is 6.42 Å². The lowest BCUT2D eigenvalue weighted by molar-refractivity contribution is -0.137. The summed E-state index contributed by atoms with van der Waals surface area (Å²) in [7, 11) is 3.97. The molecule has 18 heavy (non-hydrogen) atoms. The van der Waals surface area contributed by atoms with E-state index in [2.05, 4.69) is 11.5 Å². The minimum atomic E-state index is -1.01. The third kappa shape index (κ3) is 3.73. The van der Waals surface area contributed by atoms with Crippen LogP contribution in [0.4, 0.5) is 4.79 Å². The fraction of sp³-hybridized carbons (Fsp3) is 0.667. The van der Waals surface area contributed by atoms with Gasteiger partial charge in [-0.05, 0) is 20.5 Å². The predicted molar refractivity (Wildman–Crippen MR) is 68.5 cm³/mol. The first-order valence-electron chi connectivity index (χ1n) is 5.98. The Morgan fingerprint density at radius 1 is 1.50 bits per heavy atom. The van der Waals surface area contributed by atoms with Crippen molar-refractivity contribution < 1.29 is 14.7 Å². The van der Waals surface area contributed by atoms with Crippen LogP contribution in [0.5, 0.6) is 0 Å². The summed E-state index contributed by atoms with van der Waals surface area (Å²) < 4.78 is 0. The second-order valence-corrected chi connectivity index (χ2v) is 4.70. The van der Waals surface area contributed by atoms with Gasteiger partial charge in [0, 0.05) is 25.7 Å². The molecule has 0 bridgehead atoms. The van der Waals surface area contributed by atoms with Gasteiger partial charge in [0.05, 0.1) is 0 Å². The average molecular weight is 255 g/mol. The Balaban J connectivity index is 2.61. The highest BCUT2D eigenvalue weighted by atomic mass is 16.4. The molecule has 0 saturated carbocycles. The molecule has 1 saturated heterocycles. The fourth-order valence-corrected chi connectivity index (χ4v) is 2.07. The van der Waals surface area contributed by atoms with E-state index in [4.69, 9.17) is 5.11 Å². The molecular formula is C12H21N3O3. The van der Waals surface area contributed by atoms with Crippen molar-refractivity contribution in [1.29, 1.82) is 0 Å². The summed E-state index contributed by atoms with van der Waals surface area (Å²) >= 11 is 0. The third-order valence-electron chi connectivity index (χ3n) is 3.11. The molecule has 0 aromatic heterocycles. The van der Waals surface area contributed by atoms with Crippen LogP contribution in [0.3, 0.4) is 0 Å². The number of carbonyl (C=O) groups excluding carboxylic acids is 1. The Bertz CT molecular complexity index is 331. The number of nitrogens with zero attached hydrogens (tertiary/aromatic N) is 3. The first-order chi connectivity index (χ1) is 8.45. The molecule has 0 aliphatic carbocycles. The Hall–Kier alpha value is -1.56. The van der Waals surface area contributed by atoms with E-state index < -0.39 is 5.97 Å². The van der Waals surface area contributed by atoms with Gasteiger partial charge in [-0.15, -0.1) is 6.58 Å². The zero-order valence-electron chi connectivity index (χ0n) is 11.0. The molecule has 1 N–H and O–H groups in total. The SMILES string of the molecule is C=CCN(CC(=O)O)C(=O)N1CCC(N(C)C)C1. The van der Waals surface area contributed by atoms with Gasteiger partial charge in [-0.2, -0.15) is 0 Å². The summed E-state index contributed by atoms with van der Waals surface area (Å²) in [6, 6.07) is 0.131. The van der Waals surface area contributed by atoms with E-state index in [0.29, 0.717) is 19.1 Å². The molecule has 102 valence electrons. The highest BCUT2D eigenvalue weighted by Crippen LogP contribution is 2.15. The zero-order valence-corrected chi connectivity index (χ0v) is 11.0. The van der Waals surface area contributed by atoms with Crippen molar-refractivity contribution in [3.8, 4) is 0 Å². The number of likely N-dealkylation sites (tertiary alicyclic amines) is 1. The van der Waals surface area contributed by atoms with Crippen molar-refractivity contribution in [1.82, 2.24) is 14.7 Å². The Morgan fingerprint density at radius 2 is 2.17 bits per heavy atom. The highest BCUT2D eigenvalue weighted by Gasteiger charge is 2.30. The Kier molecular flexibility index (Phi) is 5.15. The maximum atomic E-state index is 12.2. The highest BCUT2D eigenvalue weighted by molar-refractivity contribution is 5.80. The second-order valence-electron chi connectivity index (χ2n) is 4.70. The number of carboxylic acids is 1. The van der Waals surface area contributed by atoms with Crippen molar-refractivity contribution in [2.24, 2.45) is 0 Å². The van der Waals surface area contributed by atoms with Gasteiger partial charge >= 0.3 is 12.0 Å². The maximum Gasteiger partial charge on any atom is 0.323 e. The third-order valence-corrected chi connectivity index (χ3v) is 3.11. The molecule has 6 nitrogen and oxygen atoms in total. The van der Waals surface area contributed by atoms with Crippen LogP contribution in [0.25, 0.3) is 0 Å². The van der Waals surface area contributed by atoms with Gasteiger partial charge < -0.3 is 19.8 Å². The van der Waals surface area contributed by atoms with Crippen LogP contribution in [0, 0.1) is 0 Å². The van der Waals surface area contributed by atoms with Crippen LogP contribution >= 0.6 is 0 Å². The maximum absolute atomic E-state index is 12.2. The van der Waals surface area contributed by atoms with Crippen LogP contribution in [0.2, 0.25) is 0 Å². The van der Waals surface area contributed by atoms with Gasteiger partial charge in [-0.1, -0.05) is 6.08 Å². The number of amides is 2. The fourth-order valence-electron chi connectivity index (χ4n) is 2.07. The van der Waals surface area contributed by atoms with Gasteiger partial charge in [0.1, 0.15) is 6.54 Å². The first kappa shape index (κ1) is 14.5. The van der Waals surface area contributed by atoms with Crippen LogP contribution in [-0.2, 0) is 4.79 Å². The zero-order chi connectivity index (χ0) is 13.7. The largest absolute Gasteiger partial charge is 0.480 e. The number of rotatable bonds is 5. The predicted octanol–water partition coefficient (Wildman–Crippen LogP) is 0.315. The summed E-state index contributed by atoms with van der Waals surface area (Å²) in [5.74, 6) is -1.01. The molecule has 1 aliphatic rings. The lowest BCUT2D eigenvalue weighted by Gasteiger charge is -2.26. The van der Waals surface area contributed by atoms with E-state index in [9.17, 15) is 9.59 Å². The van der Waals surface area contributed by atoms with E-state index in [1.165, 1.54) is 4.90 Å². The number of aliphatic carboxylic acids is 1. The number of urea groups is 1. The molecule has 1 aliphatic heterocycles. The minimum Gasteiger partial charge on any atom is -0.480 e. The van der Waals surface area contributed by atoms with Crippen molar-refractivity contribution in [3.63, 3.8) is 0 Å². The lowest BCUT2D eigenvalue weighted by atomic mass is 10.2. The first-order valence-corrected chi connectivity index (χ1v) is 5.98. The molecule has 1 atom stereocenters. The topological polar surface area (TPSA) is 64.1 Å². The summed E-state index contributed by atoms with van der Waals surface area (Å²) in [6.45, 7) is 4.85. The van der Waals surface area contributed by atoms with Crippen molar-refractivity contribution in [3.05, 3.63) is 12.7 Å². The minimum absolute atomic E-state index is 0.221. The van der Waals surface area contributed by atoms with Crippen molar-refractivity contribution in [2.75, 3.05) is 40.3 Å². The smallest absolute Gasteiger partial charge is 0.323 e. The number of hydrogen-bond donors (Lipinski definition) is 1. The van der Waals surface area contributed by atoms with E-state index in [1.807, 2.05) is 14.1 Å². The summed E-state index contributed by atoms with van der Waals surface area (Å²) in [4.78, 5) is 28.0. The summed E-state index contributed by atoms with van der Waals surface area (Å²) in [6.07, 6.45) is 2.47. The molecule has 1 unspecified atom stereocenters. The molecule has 0 aromatic rings. The van der Waals surface area contributed by atoms with Crippen LogP contribution in [0.15, 0.2) is 12.7 Å². The van der Waals surface area contributed by atoms with Gasteiger partial charge in [-0.3, -0.25) is 4.79 Å². The summed E-state index contributed by atoms with van der Waals surface area (Å²) in [5, 5.41) is 8.79. The summed E-state index contributed by atoms with van der Waals surface area (Å²) in [5.41, 5.74) is 0. The lowest BCUT2D eigenvalue weighted by Crippen LogP contribution is -2.45. The molecule has 1 fully saturated rings. The number of hydrogen-bond acceptors (Lipinski definition) is 3. The standard InChI is InChI=1S/C12H21N3O3/c1-4-6-14(9-11(16)17)12(18)15-7-5-10(8-15)13(2)3/h4,10H,1,5-9H2,2-3H3,(H,16,17). The van der Waals surface area contributed by atoms with Gasteiger partial charge in [0.2, 0.25) is 0 Å². The number of likely N-dealkylation sites (N-methyl/N-ethyl adjacent to an activating group) is 1. The van der Waals surface area contributed by atoms with Crippen molar-refractivity contribution >= 4 is 12.0 Å². The molecule has 0 aromatic carbocycles. The van der Waals surface area contributed by atoms with E-state index in [1.54, 1.807) is 11.0 Å². The Labute approximate surface area is 107 Å². The molecule has 2 amide bonds. The monoisotopic (exact) mass is 255 g/mol. The van der Waals surface area contributed by atoms with Gasteiger partial charge in [0.25, 0.3) is 0 Å². The second kappa shape index (κ2) is 6.39. The molecule has 0 spiro atoms. The van der Waals surface area contributed by atoms with Gasteiger partial charge in [0.15, 0.2) is 0 Å². The molecule has 1 rings (SSSR count). The average Bonchev–Trinajstić information content (AvgIpc) is 2.76. The molecule has 1 heterocycles. The normalized spacial score (nSPS) is 19.1. The van der Waals surface area contributed by atoms with Crippen molar-refractivity contribution in [2.45, 2.75) is 12.5 Å². The molecule has 0 radical (unpaired) electrons. The van der Waals surface area contributed by atoms with Crippen LogP contribution in [-0.4, -0.2) is 78.1 Å². The molecule has 6 heteroatoms. The van der Waals surface area contributed by atoms with Gasteiger partial charge in [-0.25, -0.2) is 4.79 Å². The molecular weight excluding hydrogens is 234 g/mol. The number of carbonyl (C=O) groups is 2. The van der Waals surface area contributed by atoms with Crippen LogP contribution < -0.4 is 0 Å². The van der Waals surface area contributed by atoms with E-state index >= 15 is 0 Å².